The predicted octanol–water partition coefficient (Wildman–Crippen LogP) is 3.72. The number of para-hydroxylation sites is 1. The van der Waals surface area contributed by atoms with E-state index in [4.69, 9.17) is 18.4 Å². The minimum absolute atomic E-state index is 0.0183. The van der Waals surface area contributed by atoms with E-state index < -0.39 is 55.4 Å². The van der Waals surface area contributed by atoms with Crippen LogP contribution in [0.5, 0.6) is 5.75 Å². The van der Waals surface area contributed by atoms with E-state index >= 15 is 0 Å². The first-order chi connectivity index (χ1) is 13.3. The molecule has 2 heteroatoms. The minimum Gasteiger partial charge on any atom is -0.485 e. The average molecular weight is 265 g/mol. The van der Waals surface area contributed by atoms with E-state index in [1.165, 1.54) is 0 Å². The van der Waals surface area contributed by atoms with Gasteiger partial charge in [0.2, 0.25) is 0 Å². The van der Waals surface area contributed by atoms with Crippen LogP contribution in [0, 0.1) is 6.85 Å². The van der Waals surface area contributed by atoms with E-state index in [1.54, 1.807) is 30.3 Å². The second-order valence-electron chi connectivity index (χ2n) is 3.94. The van der Waals surface area contributed by atoms with Gasteiger partial charge < -0.3 is 10.1 Å². The van der Waals surface area contributed by atoms with Gasteiger partial charge in [0, 0.05) is 14.6 Å². The van der Waals surface area contributed by atoms with Crippen LogP contribution < -0.4 is 10.1 Å². The van der Waals surface area contributed by atoms with Crippen LogP contribution in [-0.2, 0) is 0 Å². The largest absolute Gasteiger partial charge is 0.485 e. The van der Waals surface area contributed by atoms with Crippen LogP contribution in [0.25, 0.3) is 0 Å². The average Bonchev–Trinajstić information content (AvgIpc) is 2.62. The van der Waals surface area contributed by atoms with E-state index in [1.807, 2.05) is 0 Å². The van der Waals surface area contributed by atoms with Crippen molar-refractivity contribution in [1.29, 1.82) is 0 Å². The SMILES string of the molecule is [2H]c1c([2H])c([2H])c(C([2H])([2H])[2H])c(OC(CCNC([2H])([2H])[2H])c2ccccc2)c1[2H]. The molecular weight excluding hydrogens is 234 g/mol. The topological polar surface area (TPSA) is 21.3 Å². The molecule has 2 aromatic rings. The number of hydrogen-bond acceptors (Lipinski definition) is 2. The van der Waals surface area contributed by atoms with Crippen molar-refractivity contribution >= 4 is 0 Å². The smallest absolute Gasteiger partial charge is 0.125 e. The molecule has 0 saturated carbocycles. The van der Waals surface area contributed by atoms with Gasteiger partial charge in [0.1, 0.15) is 11.9 Å². The van der Waals surface area contributed by atoms with Crippen molar-refractivity contribution < 1.29 is 18.4 Å². The molecule has 0 fully saturated rings. The standard InChI is InChI=1S/C17H21NO/c1-14-8-6-7-11-16(14)19-17(12-13-18-2)15-9-4-3-5-10-15/h3-11,17-18H,12-13H2,1-2H3/i1D3,2D3,6D,7D,8D,11D. The summed E-state index contributed by atoms with van der Waals surface area (Å²) in [5, 5.41) is 2.36. The first-order valence-electron chi connectivity index (χ1n) is 10.9. The van der Waals surface area contributed by atoms with E-state index in [0.29, 0.717) is 5.56 Å². The van der Waals surface area contributed by atoms with Crippen molar-refractivity contribution in [2.45, 2.75) is 19.4 Å². The predicted molar refractivity (Wildman–Crippen MR) is 79.5 cm³/mol. The summed E-state index contributed by atoms with van der Waals surface area (Å²) in [6, 6.07) is 6.10. The zero-order valence-electron chi connectivity index (χ0n) is 20.3. The van der Waals surface area contributed by atoms with E-state index in [9.17, 15) is 0 Å². The van der Waals surface area contributed by atoms with Crippen LogP contribution in [0.15, 0.2) is 54.5 Å². The molecule has 1 N–H and O–H groups in total. The normalized spacial score (nSPS) is 21.1. The maximum atomic E-state index is 8.11. The second kappa shape index (κ2) is 6.95. The lowest BCUT2D eigenvalue weighted by atomic mass is 10.1. The van der Waals surface area contributed by atoms with E-state index in [0.717, 1.165) is 0 Å². The zero-order chi connectivity index (χ0) is 22.0. The van der Waals surface area contributed by atoms with Crippen molar-refractivity contribution in [3.8, 4) is 5.75 Å². The van der Waals surface area contributed by atoms with Crippen molar-refractivity contribution in [3.63, 3.8) is 0 Å². The summed E-state index contributed by atoms with van der Waals surface area (Å²) in [6.07, 6.45) is -0.697. The summed E-state index contributed by atoms with van der Waals surface area (Å²) < 4.78 is 82.4. The molecule has 100 valence electrons. The molecule has 0 aliphatic heterocycles. The second-order valence-corrected chi connectivity index (χ2v) is 3.94. The molecule has 0 heterocycles. The van der Waals surface area contributed by atoms with Gasteiger partial charge in [-0.3, -0.25) is 0 Å². The third-order valence-corrected chi connectivity index (χ3v) is 2.62. The summed E-state index contributed by atoms with van der Waals surface area (Å²) in [4.78, 5) is 0. The Hall–Kier alpha value is -1.80. The highest BCUT2D eigenvalue weighted by atomic mass is 16.5. The first kappa shape index (κ1) is 5.68. The summed E-state index contributed by atoms with van der Waals surface area (Å²) >= 11 is 0. The Bertz CT molecular complexity index is 848. The third kappa shape index (κ3) is 3.83. The molecule has 0 aliphatic rings. The Morgan fingerprint density at radius 1 is 1.26 bits per heavy atom. The number of ether oxygens (including phenoxy) is 1. The molecule has 1 atom stereocenters. The molecule has 0 radical (unpaired) electrons. The van der Waals surface area contributed by atoms with Crippen LogP contribution >= 0.6 is 0 Å². The van der Waals surface area contributed by atoms with Crippen LogP contribution in [0.3, 0.4) is 0 Å². The van der Waals surface area contributed by atoms with E-state index in [-0.39, 0.29) is 13.0 Å². The molecule has 0 amide bonds. The molecule has 1 unspecified atom stereocenters. The van der Waals surface area contributed by atoms with Crippen molar-refractivity contribution in [2.75, 3.05) is 13.5 Å². The molecule has 2 rings (SSSR count). The van der Waals surface area contributed by atoms with Crippen molar-refractivity contribution in [3.05, 3.63) is 65.6 Å². The molecular formula is C17H21NO. The van der Waals surface area contributed by atoms with Gasteiger partial charge in [0.05, 0.1) is 5.48 Å². The number of hydrogen-bond donors (Lipinski definition) is 1. The Morgan fingerprint density at radius 2 is 2.11 bits per heavy atom. The summed E-state index contributed by atoms with van der Waals surface area (Å²) in [5.41, 5.74) is 0.0111. The highest BCUT2D eigenvalue weighted by Crippen LogP contribution is 2.26. The summed E-state index contributed by atoms with van der Waals surface area (Å²) in [6.45, 7) is -5.17. The summed E-state index contributed by atoms with van der Waals surface area (Å²) in [5.74, 6) is -0.460. The molecule has 0 aliphatic carbocycles. The Kier molecular flexibility index (Phi) is 2.08. The van der Waals surface area contributed by atoms with Gasteiger partial charge in [-0.1, -0.05) is 48.5 Å². The lowest BCUT2D eigenvalue weighted by Gasteiger charge is -2.20. The van der Waals surface area contributed by atoms with Gasteiger partial charge in [0.25, 0.3) is 0 Å². The Morgan fingerprint density at radius 3 is 2.89 bits per heavy atom. The van der Waals surface area contributed by atoms with Crippen LogP contribution in [0.2, 0.25) is 0 Å². The molecule has 0 aromatic heterocycles. The van der Waals surface area contributed by atoms with Gasteiger partial charge in [0.15, 0.2) is 0 Å². The number of rotatable bonds is 6. The molecule has 2 nitrogen and oxygen atoms in total. The quantitative estimate of drug-likeness (QED) is 0.859. The van der Waals surface area contributed by atoms with Gasteiger partial charge in [-0.2, -0.15) is 0 Å². The van der Waals surface area contributed by atoms with Crippen molar-refractivity contribution in [1.82, 2.24) is 5.32 Å². The maximum Gasteiger partial charge on any atom is 0.125 e. The molecule has 19 heavy (non-hydrogen) atoms. The van der Waals surface area contributed by atoms with Gasteiger partial charge in [-0.05, 0) is 37.5 Å². The molecule has 0 bridgehead atoms. The molecule has 2 aromatic carbocycles. The van der Waals surface area contributed by atoms with Gasteiger partial charge in [-0.25, -0.2) is 0 Å². The lowest BCUT2D eigenvalue weighted by Crippen LogP contribution is -2.16. The highest BCUT2D eigenvalue weighted by molar-refractivity contribution is 5.33. The monoisotopic (exact) mass is 265 g/mol. The van der Waals surface area contributed by atoms with Gasteiger partial charge in [-0.15, -0.1) is 0 Å². The first-order valence-corrected chi connectivity index (χ1v) is 5.90. The van der Waals surface area contributed by atoms with Crippen LogP contribution in [0.1, 0.15) is 37.4 Å². The fraction of sp³-hybridized carbons (Fsp3) is 0.294. The summed E-state index contributed by atoms with van der Waals surface area (Å²) in [7, 11) is 0. The molecule has 0 spiro atoms. The molecule has 0 saturated heterocycles. The Labute approximate surface area is 129 Å². The van der Waals surface area contributed by atoms with Gasteiger partial charge >= 0.3 is 0 Å². The van der Waals surface area contributed by atoms with Crippen LogP contribution in [-0.4, -0.2) is 13.5 Å². The number of nitrogens with one attached hydrogen (secondary N) is 1. The van der Waals surface area contributed by atoms with E-state index in [2.05, 4.69) is 5.32 Å². The lowest BCUT2D eigenvalue weighted by molar-refractivity contribution is 0.193. The minimum atomic E-state index is -2.83. The Balaban J connectivity index is 2.50. The van der Waals surface area contributed by atoms with Crippen LogP contribution in [0.4, 0.5) is 0 Å². The maximum absolute atomic E-state index is 8.11. The fourth-order valence-corrected chi connectivity index (χ4v) is 1.70. The van der Waals surface area contributed by atoms with Crippen molar-refractivity contribution in [2.24, 2.45) is 0 Å². The number of benzene rings is 2. The highest BCUT2D eigenvalue weighted by Gasteiger charge is 2.13. The third-order valence-electron chi connectivity index (χ3n) is 2.62. The fourth-order valence-electron chi connectivity index (χ4n) is 1.70. The zero-order valence-corrected chi connectivity index (χ0v) is 10.3.